The first kappa shape index (κ1) is 11.1. The van der Waals surface area contributed by atoms with E-state index in [0.29, 0.717) is 5.95 Å². The summed E-state index contributed by atoms with van der Waals surface area (Å²) in [6, 6.07) is 9.95. The predicted octanol–water partition coefficient (Wildman–Crippen LogP) is 2.31. The number of para-hydroxylation sites is 1. The van der Waals surface area contributed by atoms with Crippen LogP contribution in [-0.4, -0.2) is 29.9 Å². The van der Waals surface area contributed by atoms with Crippen molar-refractivity contribution < 1.29 is 0 Å². The zero-order valence-electron chi connectivity index (χ0n) is 11.1. The molecule has 4 rings (SSSR count). The normalized spacial score (nSPS) is 11.5. The number of aromatic amines is 1. The van der Waals surface area contributed by atoms with Gasteiger partial charge in [-0.1, -0.05) is 18.2 Å². The quantitative estimate of drug-likeness (QED) is 0.572. The van der Waals surface area contributed by atoms with Gasteiger partial charge in [0.1, 0.15) is 5.52 Å². The summed E-state index contributed by atoms with van der Waals surface area (Å²) in [5.74, 6) is 0.481. The minimum Gasteiger partial charge on any atom is -0.338 e. The molecule has 0 bridgehead atoms. The van der Waals surface area contributed by atoms with E-state index in [9.17, 15) is 0 Å². The molecule has 0 aliphatic heterocycles. The highest BCUT2D eigenvalue weighted by Gasteiger charge is 2.11. The van der Waals surface area contributed by atoms with Crippen LogP contribution in [0.5, 0.6) is 0 Å². The Labute approximate surface area is 114 Å². The fourth-order valence-electron chi connectivity index (χ4n) is 2.43. The van der Waals surface area contributed by atoms with Crippen LogP contribution < -0.4 is 0 Å². The van der Waals surface area contributed by atoms with E-state index < -0.39 is 0 Å². The average molecular weight is 264 g/mol. The molecule has 6 nitrogen and oxygen atoms in total. The molecule has 0 atom stereocenters. The largest absolute Gasteiger partial charge is 0.338 e. The van der Waals surface area contributed by atoms with Crippen LogP contribution in [0.15, 0.2) is 30.3 Å². The summed E-state index contributed by atoms with van der Waals surface area (Å²) < 4.78 is 1.70. The van der Waals surface area contributed by atoms with Gasteiger partial charge in [-0.05, 0) is 26.0 Å². The third kappa shape index (κ3) is 1.51. The number of benzene rings is 1. The van der Waals surface area contributed by atoms with E-state index in [1.54, 1.807) is 4.68 Å². The molecule has 0 aliphatic rings. The molecule has 1 N–H and O–H groups in total. The maximum absolute atomic E-state index is 4.53. The van der Waals surface area contributed by atoms with Crippen LogP contribution in [0, 0.1) is 13.8 Å². The third-order valence-electron chi connectivity index (χ3n) is 3.31. The van der Waals surface area contributed by atoms with E-state index in [4.69, 9.17) is 0 Å². The summed E-state index contributed by atoms with van der Waals surface area (Å²) >= 11 is 0. The fourth-order valence-corrected chi connectivity index (χ4v) is 2.43. The molecule has 1 aromatic carbocycles. The number of nitrogens with zero attached hydrogens (tertiary/aromatic N) is 5. The van der Waals surface area contributed by atoms with Crippen molar-refractivity contribution in [3.05, 3.63) is 41.7 Å². The molecule has 0 amide bonds. The number of hydrogen-bond acceptors (Lipinski definition) is 4. The number of fused-ring (bicyclic) bond motifs is 3. The molecular formula is C14H12N6. The van der Waals surface area contributed by atoms with E-state index in [1.165, 1.54) is 0 Å². The van der Waals surface area contributed by atoms with Crippen LogP contribution in [0.4, 0.5) is 0 Å². The molecule has 98 valence electrons. The Bertz CT molecular complexity index is 933. The summed E-state index contributed by atoms with van der Waals surface area (Å²) in [4.78, 5) is 7.79. The summed E-state index contributed by atoms with van der Waals surface area (Å²) in [6.07, 6.45) is 0. The Hall–Kier alpha value is -2.76. The van der Waals surface area contributed by atoms with Crippen molar-refractivity contribution >= 4 is 22.1 Å². The molecule has 3 aromatic heterocycles. The molecule has 0 unspecified atom stereocenters. The lowest BCUT2D eigenvalue weighted by molar-refractivity contribution is 0.757. The number of aryl methyl sites for hydroxylation is 2. The van der Waals surface area contributed by atoms with Crippen LogP contribution in [0.25, 0.3) is 28.0 Å². The summed E-state index contributed by atoms with van der Waals surface area (Å²) in [5, 5.41) is 13.9. The van der Waals surface area contributed by atoms with Crippen LogP contribution in [0.2, 0.25) is 0 Å². The van der Waals surface area contributed by atoms with Crippen molar-refractivity contribution in [2.45, 2.75) is 13.8 Å². The first-order chi connectivity index (χ1) is 9.72. The maximum Gasteiger partial charge on any atom is 0.272 e. The van der Waals surface area contributed by atoms with Gasteiger partial charge in [-0.2, -0.15) is 10.1 Å². The molecule has 6 heteroatoms. The summed E-state index contributed by atoms with van der Waals surface area (Å²) in [7, 11) is 0. The highest BCUT2D eigenvalue weighted by Crippen LogP contribution is 2.21. The Morgan fingerprint density at radius 1 is 1.10 bits per heavy atom. The fraction of sp³-hybridized carbons (Fsp3) is 0.143. The van der Waals surface area contributed by atoms with Crippen molar-refractivity contribution in [3.63, 3.8) is 0 Å². The number of hydrogen-bond donors (Lipinski definition) is 1. The molecule has 0 aliphatic carbocycles. The zero-order valence-corrected chi connectivity index (χ0v) is 11.1. The van der Waals surface area contributed by atoms with Crippen molar-refractivity contribution in [2.75, 3.05) is 0 Å². The maximum atomic E-state index is 4.53. The molecular weight excluding hydrogens is 252 g/mol. The van der Waals surface area contributed by atoms with E-state index in [0.717, 1.165) is 33.5 Å². The van der Waals surface area contributed by atoms with Gasteiger partial charge in [-0.3, -0.25) is 0 Å². The monoisotopic (exact) mass is 264 g/mol. The number of aromatic nitrogens is 6. The molecule has 4 aromatic rings. The Morgan fingerprint density at radius 3 is 2.75 bits per heavy atom. The van der Waals surface area contributed by atoms with Gasteiger partial charge in [0, 0.05) is 16.6 Å². The highest BCUT2D eigenvalue weighted by atomic mass is 15.4. The molecule has 0 radical (unpaired) electrons. The molecule has 0 saturated carbocycles. The predicted molar refractivity (Wildman–Crippen MR) is 75.8 cm³/mol. The molecule has 0 spiro atoms. The minimum atomic E-state index is 0.481. The number of nitrogens with one attached hydrogen (secondary N) is 1. The second-order valence-electron chi connectivity index (χ2n) is 4.82. The first-order valence-corrected chi connectivity index (χ1v) is 6.37. The van der Waals surface area contributed by atoms with Crippen molar-refractivity contribution in [1.82, 2.24) is 29.9 Å². The summed E-state index contributed by atoms with van der Waals surface area (Å²) in [6.45, 7) is 3.91. The molecule has 0 saturated heterocycles. The third-order valence-corrected chi connectivity index (χ3v) is 3.31. The average Bonchev–Trinajstić information content (AvgIpc) is 2.97. The van der Waals surface area contributed by atoms with E-state index in [-0.39, 0.29) is 0 Å². The second kappa shape index (κ2) is 3.86. The van der Waals surface area contributed by atoms with Crippen LogP contribution in [0.1, 0.15) is 11.4 Å². The van der Waals surface area contributed by atoms with Crippen LogP contribution >= 0.6 is 0 Å². The molecule has 3 heterocycles. The second-order valence-corrected chi connectivity index (χ2v) is 4.82. The van der Waals surface area contributed by atoms with Crippen LogP contribution in [0.3, 0.4) is 0 Å². The lowest BCUT2D eigenvalue weighted by Crippen LogP contribution is -2.06. The smallest absolute Gasteiger partial charge is 0.272 e. The standard InChI is InChI=1S/C14H12N6/c1-8-7-9(2)20(19-8)14-16-13-12(17-18-14)10-5-3-4-6-11(10)15-13/h3-7H,1-2H3,(H,15,16,18). The Balaban J connectivity index is 1.99. The van der Waals surface area contributed by atoms with E-state index in [1.807, 2.05) is 44.2 Å². The minimum absolute atomic E-state index is 0.481. The number of H-pyrrole nitrogens is 1. The van der Waals surface area contributed by atoms with Gasteiger partial charge in [0.2, 0.25) is 0 Å². The lowest BCUT2D eigenvalue weighted by atomic mass is 10.2. The van der Waals surface area contributed by atoms with Gasteiger partial charge in [0.25, 0.3) is 5.95 Å². The molecule has 0 fully saturated rings. The first-order valence-electron chi connectivity index (χ1n) is 6.37. The Kier molecular flexibility index (Phi) is 2.14. The van der Waals surface area contributed by atoms with Gasteiger partial charge in [-0.15, -0.1) is 10.2 Å². The summed E-state index contributed by atoms with van der Waals surface area (Å²) in [5.41, 5.74) is 4.44. The topological polar surface area (TPSA) is 72.3 Å². The SMILES string of the molecule is Cc1cc(C)n(-c2nnc3c(n2)[nH]c2ccccc23)n1. The van der Waals surface area contributed by atoms with Gasteiger partial charge >= 0.3 is 0 Å². The van der Waals surface area contributed by atoms with Crippen molar-refractivity contribution in [1.29, 1.82) is 0 Å². The van der Waals surface area contributed by atoms with E-state index in [2.05, 4.69) is 25.3 Å². The van der Waals surface area contributed by atoms with E-state index >= 15 is 0 Å². The lowest BCUT2D eigenvalue weighted by Gasteiger charge is -2.00. The zero-order chi connectivity index (χ0) is 13.7. The Morgan fingerprint density at radius 2 is 1.95 bits per heavy atom. The van der Waals surface area contributed by atoms with Gasteiger partial charge in [0.15, 0.2) is 5.65 Å². The highest BCUT2D eigenvalue weighted by molar-refractivity contribution is 6.03. The van der Waals surface area contributed by atoms with Crippen LogP contribution in [-0.2, 0) is 0 Å². The molecule has 20 heavy (non-hydrogen) atoms. The van der Waals surface area contributed by atoms with Gasteiger partial charge in [-0.25, -0.2) is 4.68 Å². The van der Waals surface area contributed by atoms with Gasteiger partial charge in [0.05, 0.1) is 5.69 Å². The van der Waals surface area contributed by atoms with Crippen molar-refractivity contribution in [2.24, 2.45) is 0 Å². The number of rotatable bonds is 1. The van der Waals surface area contributed by atoms with Crippen molar-refractivity contribution in [3.8, 4) is 5.95 Å². The van der Waals surface area contributed by atoms with Gasteiger partial charge < -0.3 is 4.98 Å².